The zero-order valence-electron chi connectivity index (χ0n) is 6.88. The van der Waals surface area contributed by atoms with Crippen molar-refractivity contribution in [3.8, 4) is 0 Å². The van der Waals surface area contributed by atoms with Crippen LogP contribution in [-0.4, -0.2) is 18.2 Å². The van der Waals surface area contributed by atoms with Gasteiger partial charge in [0.2, 0.25) is 0 Å². The monoisotopic (exact) mass is 169 g/mol. The summed E-state index contributed by atoms with van der Waals surface area (Å²) < 4.78 is 4.94. The van der Waals surface area contributed by atoms with Crippen molar-refractivity contribution < 1.29 is 9.84 Å². The van der Waals surface area contributed by atoms with Gasteiger partial charge in [0, 0.05) is 12.5 Å². The van der Waals surface area contributed by atoms with Crippen molar-refractivity contribution in [2.45, 2.75) is 12.8 Å². The van der Waals surface area contributed by atoms with Crippen molar-refractivity contribution in [2.24, 2.45) is 5.92 Å². The highest BCUT2D eigenvalue weighted by molar-refractivity contribution is 4.93. The predicted octanol–water partition coefficient (Wildman–Crippen LogP) is -0.906. The number of aromatic amines is 1. The molecule has 0 atom stereocenters. The second-order valence-electron chi connectivity index (χ2n) is 3.34. The van der Waals surface area contributed by atoms with Crippen LogP contribution >= 0.6 is 0 Å². The lowest BCUT2D eigenvalue weighted by Gasteiger charge is -2.21. The summed E-state index contributed by atoms with van der Waals surface area (Å²) in [7, 11) is 0. The average molecular weight is 169 g/mol. The third kappa shape index (κ3) is 1.58. The lowest BCUT2D eigenvalue weighted by Crippen LogP contribution is -2.96. The molecule has 2 heterocycles. The zero-order chi connectivity index (χ0) is 8.39. The molecule has 0 saturated carbocycles. The van der Waals surface area contributed by atoms with Gasteiger partial charge in [-0.3, -0.25) is 4.79 Å². The second kappa shape index (κ2) is 3.15. The van der Waals surface area contributed by atoms with Gasteiger partial charge in [-0.05, 0) is 6.42 Å². The van der Waals surface area contributed by atoms with Crippen LogP contribution in [0.2, 0.25) is 0 Å². The average Bonchev–Trinajstić information content (AvgIpc) is 2.32. The SMILES string of the molecule is O=c1cc(CCC2C[NH2+]C2)o[nH]1. The number of aryl methyl sites for hydroxylation is 1. The summed E-state index contributed by atoms with van der Waals surface area (Å²) in [4.78, 5) is 10.7. The fraction of sp³-hybridized carbons (Fsp3) is 0.625. The van der Waals surface area contributed by atoms with E-state index in [1.807, 2.05) is 0 Å². The molecule has 3 N–H and O–H groups in total. The highest BCUT2D eigenvalue weighted by Gasteiger charge is 2.21. The molecule has 1 aliphatic heterocycles. The Kier molecular flexibility index (Phi) is 1.99. The molecule has 0 aromatic carbocycles. The molecule has 1 fully saturated rings. The Balaban J connectivity index is 1.82. The van der Waals surface area contributed by atoms with Crippen LogP contribution in [0.25, 0.3) is 0 Å². The van der Waals surface area contributed by atoms with Crippen LogP contribution in [0, 0.1) is 5.92 Å². The lowest BCUT2D eigenvalue weighted by molar-refractivity contribution is -0.723. The molecule has 1 saturated heterocycles. The van der Waals surface area contributed by atoms with Gasteiger partial charge in [-0.2, -0.15) is 5.16 Å². The van der Waals surface area contributed by atoms with Crippen molar-refractivity contribution in [2.75, 3.05) is 13.1 Å². The van der Waals surface area contributed by atoms with E-state index in [-0.39, 0.29) is 5.56 Å². The van der Waals surface area contributed by atoms with Gasteiger partial charge in [-0.25, -0.2) is 0 Å². The van der Waals surface area contributed by atoms with E-state index in [0.29, 0.717) is 0 Å². The molecule has 1 aromatic heterocycles. The van der Waals surface area contributed by atoms with E-state index in [1.54, 1.807) is 0 Å². The first-order chi connectivity index (χ1) is 5.84. The third-order valence-corrected chi connectivity index (χ3v) is 2.37. The van der Waals surface area contributed by atoms with E-state index in [1.165, 1.54) is 19.2 Å². The Bertz CT molecular complexity index is 298. The third-order valence-electron chi connectivity index (χ3n) is 2.37. The minimum atomic E-state index is -0.134. The molecule has 2 rings (SSSR count). The summed E-state index contributed by atoms with van der Waals surface area (Å²) in [5.74, 6) is 1.61. The number of hydrogen-bond acceptors (Lipinski definition) is 2. The topological polar surface area (TPSA) is 62.6 Å². The Morgan fingerprint density at radius 1 is 1.67 bits per heavy atom. The number of nitrogens with one attached hydrogen (secondary N) is 1. The van der Waals surface area contributed by atoms with E-state index in [9.17, 15) is 4.79 Å². The van der Waals surface area contributed by atoms with Gasteiger partial charge >= 0.3 is 0 Å². The first kappa shape index (κ1) is 7.61. The first-order valence-corrected chi connectivity index (χ1v) is 4.33. The van der Waals surface area contributed by atoms with Crippen LogP contribution in [0.15, 0.2) is 15.4 Å². The summed E-state index contributed by atoms with van der Waals surface area (Å²) in [6, 6.07) is 1.53. The van der Waals surface area contributed by atoms with Crippen LogP contribution in [0.5, 0.6) is 0 Å². The minimum absolute atomic E-state index is 0.134. The summed E-state index contributed by atoms with van der Waals surface area (Å²) >= 11 is 0. The second-order valence-corrected chi connectivity index (χ2v) is 3.34. The van der Waals surface area contributed by atoms with Crippen LogP contribution in [-0.2, 0) is 6.42 Å². The number of nitrogens with two attached hydrogens (primary N) is 1. The highest BCUT2D eigenvalue weighted by atomic mass is 16.5. The summed E-state index contributed by atoms with van der Waals surface area (Å²) in [5.41, 5.74) is -0.134. The Morgan fingerprint density at radius 3 is 3.00 bits per heavy atom. The Morgan fingerprint density at radius 2 is 2.50 bits per heavy atom. The maximum Gasteiger partial charge on any atom is 0.280 e. The summed E-state index contributed by atoms with van der Waals surface area (Å²) in [6.45, 7) is 2.46. The zero-order valence-corrected chi connectivity index (χ0v) is 6.88. The maximum absolute atomic E-state index is 10.7. The van der Waals surface area contributed by atoms with Gasteiger partial charge in [-0.15, -0.1) is 0 Å². The number of hydrogen-bond donors (Lipinski definition) is 2. The molecular formula is C8H13N2O2+. The fourth-order valence-electron chi connectivity index (χ4n) is 1.43. The Labute approximate surface area is 69.9 Å². The molecule has 12 heavy (non-hydrogen) atoms. The van der Waals surface area contributed by atoms with E-state index < -0.39 is 0 Å². The standard InChI is InChI=1S/C8H12N2O2/c11-8-3-7(12-10-8)2-1-6-4-9-5-6/h3,6,9H,1-2,4-5H2,(H,10,11)/p+1. The number of aromatic nitrogens is 1. The first-order valence-electron chi connectivity index (χ1n) is 4.33. The predicted molar refractivity (Wildman–Crippen MR) is 42.8 cm³/mol. The van der Waals surface area contributed by atoms with Crippen molar-refractivity contribution >= 4 is 0 Å². The molecule has 1 aromatic rings. The number of rotatable bonds is 3. The fourth-order valence-corrected chi connectivity index (χ4v) is 1.43. The molecule has 4 heteroatoms. The molecular weight excluding hydrogens is 156 g/mol. The van der Waals surface area contributed by atoms with Crippen LogP contribution < -0.4 is 10.9 Å². The van der Waals surface area contributed by atoms with Crippen LogP contribution in [0.4, 0.5) is 0 Å². The molecule has 0 radical (unpaired) electrons. The van der Waals surface area contributed by atoms with E-state index in [0.717, 1.165) is 24.5 Å². The van der Waals surface area contributed by atoms with Crippen molar-refractivity contribution in [1.82, 2.24) is 5.16 Å². The minimum Gasteiger partial charge on any atom is -0.384 e. The molecule has 4 nitrogen and oxygen atoms in total. The van der Waals surface area contributed by atoms with Crippen molar-refractivity contribution in [3.63, 3.8) is 0 Å². The largest absolute Gasteiger partial charge is 0.384 e. The smallest absolute Gasteiger partial charge is 0.280 e. The quantitative estimate of drug-likeness (QED) is 0.615. The van der Waals surface area contributed by atoms with Gasteiger partial charge < -0.3 is 9.84 Å². The molecule has 1 aliphatic rings. The van der Waals surface area contributed by atoms with Gasteiger partial charge in [0.05, 0.1) is 19.0 Å². The number of quaternary nitrogens is 1. The molecule has 0 aliphatic carbocycles. The van der Waals surface area contributed by atoms with E-state index in [4.69, 9.17) is 4.52 Å². The van der Waals surface area contributed by atoms with Gasteiger partial charge in [0.25, 0.3) is 5.56 Å². The Hall–Kier alpha value is -1.03. The molecule has 0 bridgehead atoms. The van der Waals surface area contributed by atoms with Crippen molar-refractivity contribution in [1.29, 1.82) is 0 Å². The molecule has 66 valence electrons. The van der Waals surface area contributed by atoms with Crippen LogP contribution in [0.3, 0.4) is 0 Å². The maximum atomic E-state index is 10.7. The number of H-pyrrole nitrogens is 1. The summed E-state index contributed by atoms with van der Waals surface area (Å²) in [5, 5.41) is 4.58. The van der Waals surface area contributed by atoms with Crippen LogP contribution in [0.1, 0.15) is 12.2 Å². The normalized spacial score (nSPS) is 17.7. The molecule has 0 spiro atoms. The van der Waals surface area contributed by atoms with E-state index in [2.05, 4.69) is 10.5 Å². The molecule has 0 amide bonds. The summed E-state index contributed by atoms with van der Waals surface area (Å²) in [6.07, 6.45) is 2.02. The van der Waals surface area contributed by atoms with Gasteiger partial charge in [-0.1, -0.05) is 0 Å². The van der Waals surface area contributed by atoms with Gasteiger partial charge in [0.1, 0.15) is 5.76 Å². The lowest BCUT2D eigenvalue weighted by atomic mass is 9.97. The highest BCUT2D eigenvalue weighted by Crippen LogP contribution is 2.07. The molecule has 0 unspecified atom stereocenters. The van der Waals surface area contributed by atoms with E-state index >= 15 is 0 Å². The van der Waals surface area contributed by atoms with Gasteiger partial charge in [0.15, 0.2) is 0 Å². The van der Waals surface area contributed by atoms with Crippen molar-refractivity contribution in [3.05, 3.63) is 22.2 Å².